The quantitative estimate of drug-likeness (QED) is 0.789. The Labute approximate surface area is 104 Å². The molecule has 0 saturated heterocycles. The summed E-state index contributed by atoms with van der Waals surface area (Å²) in [4.78, 5) is 23.4. The van der Waals surface area contributed by atoms with Crippen LogP contribution in [0.4, 0.5) is 0 Å². The van der Waals surface area contributed by atoms with E-state index >= 15 is 0 Å². The SMILES string of the molecule is COc1ccc(C)cc1-n1ccc(=O)n(C)c1=O. The lowest BCUT2D eigenvalue weighted by Crippen LogP contribution is -2.36. The van der Waals surface area contributed by atoms with Crippen molar-refractivity contribution in [2.24, 2.45) is 7.05 Å². The van der Waals surface area contributed by atoms with Crippen LogP contribution in [-0.4, -0.2) is 16.2 Å². The Morgan fingerprint density at radius 1 is 1.17 bits per heavy atom. The molecule has 5 heteroatoms. The second-order valence-corrected chi connectivity index (χ2v) is 4.04. The van der Waals surface area contributed by atoms with Crippen molar-refractivity contribution in [3.63, 3.8) is 0 Å². The van der Waals surface area contributed by atoms with E-state index in [1.165, 1.54) is 23.9 Å². The maximum absolute atomic E-state index is 12.0. The summed E-state index contributed by atoms with van der Waals surface area (Å²) in [5, 5.41) is 0. The molecule has 18 heavy (non-hydrogen) atoms. The van der Waals surface area contributed by atoms with E-state index in [0.717, 1.165) is 10.1 Å². The Morgan fingerprint density at radius 3 is 2.56 bits per heavy atom. The summed E-state index contributed by atoms with van der Waals surface area (Å²) in [5.74, 6) is 0.585. The molecule has 94 valence electrons. The number of nitrogens with zero attached hydrogens (tertiary/aromatic N) is 2. The van der Waals surface area contributed by atoms with Crippen LogP contribution in [0.1, 0.15) is 5.56 Å². The number of aryl methyl sites for hydroxylation is 1. The minimum absolute atomic E-state index is 0.331. The lowest BCUT2D eigenvalue weighted by molar-refractivity contribution is 0.412. The molecule has 0 saturated carbocycles. The molecule has 0 aliphatic rings. The second kappa shape index (κ2) is 4.52. The zero-order valence-electron chi connectivity index (χ0n) is 10.5. The normalized spacial score (nSPS) is 10.4. The van der Waals surface area contributed by atoms with Gasteiger partial charge in [-0.3, -0.25) is 13.9 Å². The van der Waals surface area contributed by atoms with Crippen LogP contribution in [0.5, 0.6) is 5.75 Å². The van der Waals surface area contributed by atoms with E-state index in [1.807, 2.05) is 19.1 Å². The van der Waals surface area contributed by atoms with Crippen LogP contribution in [0.25, 0.3) is 5.69 Å². The topological polar surface area (TPSA) is 53.2 Å². The van der Waals surface area contributed by atoms with Crippen LogP contribution in [0.15, 0.2) is 40.1 Å². The van der Waals surface area contributed by atoms with Gasteiger partial charge in [0.25, 0.3) is 5.56 Å². The monoisotopic (exact) mass is 246 g/mol. The summed E-state index contributed by atoms with van der Waals surface area (Å²) in [5.41, 5.74) is 0.902. The molecule has 0 unspecified atom stereocenters. The fourth-order valence-corrected chi connectivity index (χ4v) is 1.74. The number of rotatable bonds is 2. The molecule has 0 aliphatic heterocycles. The summed E-state index contributed by atoms with van der Waals surface area (Å²) < 4.78 is 7.69. The molecule has 0 N–H and O–H groups in total. The lowest BCUT2D eigenvalue weighted by atomic mass is 10.2. The maximum atomic E-state index is 12.0. The molecule has 1 aromatic carbocycles. The van der Waals surface area contributed by atoms with Crippen molar-refractivity contribution in [1.29, 1.82) is 0 Å². The first-order valence-corrected chi connectivity index (χ1v) is 5.48. The standard InChI is InChI=1S/C13H14N2O3/c1-9-4-5-11(18-3)10(8-9)15-7-6-12(16)14(2)13(15)17/h4-8H,1-3H3. The van der Waals surface area contributed by atoms with Gasteiger partial charge in [-0.15, -0.1) is 0 Å². The Balaban J connectivity index is 2.77. The van der Waals surface area contributed by atoms with E-state index in [-0.39, 0.29) is 5.56 Å². The van der Waals surface area contributed by atoms with Crippen molar-refractivity contribution in [1.82, 2.24) is 9.13 Å². The second-order valence-electron chi connectivity index (χ2n) is 4.04. The molecule has 0 aliphatic carbocycles. The number of methoxy groups -OCH3 is 1. The Hall–Kier alpha value is -2.30. The van der Waals surface area contributed by atoms with Gasteiger partial charge in [0, 0.05) is 19.3 Å². The third kappa shape index (κ3) is 1.95. The van der Waals surface area contributed by atoms with Gasteiger partial charge in [-0.25, -0.2) is 4.79 Å². The predicted molar refractivity (Wildman–Crippen MR) is 68.6 cm³/mol. The Morgan fingerprint density at radius 2 is 1.89 bits per heavy atom. The van der Waals surface area contributed by atoms with Gasteiger partial charge in [0.1, 0.15) is 5.75 Å². The van der Waals surface area contributed by atoms with E-state index < -0.39 is 5.69 Å². The van der Waals surface area contributed by atoms with E-state index in [0.29, 0.717) is 11.4 Å². The van der Waals surface area contributed by atoms with E-state index in [2.05, 4.69) is 0 Å². The minimum atomic E-state index is -0.397. The van der Waals surface area contributed by atoms with Gasteiger partial charge in [0.05, 0.1) is 12.8 Å². The molecule has 0 fully saturated rings. The number of aromatic nitrogens is 2. The predicted octanol–water partition coefficient (Wildman–Crippen LogP) is 0.853. The van der Waals surface area contributed by atoms with Gasteiger partial charge in [-0.05, 0) is 24.6 Å². The molecule has 0 bridgehead atoms. The Bertz CT molecular complexity index is 698. The van der Waals surface area contributed by atoms with Crippen molar-refractivity contribution < 1.29 is 4.74 Å². The average Bonchev–Trinajstić information content (AvgIpc) is 2.36. The highest BCUT2D eigenvalue weighted by molar-refractivity contribution is 5.48. The van der Waals surface area contributed by atoms with Gasteiger partial charge in [0.2, 0.25) is 0 Å². The van der Waals surface area contributed by atoms with Crippen molar-refractivity contribution in [2.75, 3.05) is 7.11 Å². The van der Waals surface area contributed by atoms with Gasteiger partial charge in [-0.1, -0.05) is 6.07 Å². The highest BCUT2D eigenvalue weighted by atomic mass is 16.5. The smallest absolute Gasteiger partial charge is 0.335 e. The third-order valence-electron chi connectivity index (χ3n) is 2.78. The molecular formula is C13H14N2O3. The zero-order chi connectivity index (χ0) is 13.3. The van der Waals surface area contributed by atoms with E-state index in [9.17, 15) is 9.59 Å². The van der Waals surface area contributed by atoms with Crippen molar-refractivity contribution in [2.45, 2.75) is 6.92 Å². The van der Waals surface area contributed by atoms with Crippen molar-refractivity contribution in [3.05, 3.63) is 56.9 Å². The highest BCUT2D eigenvalue weighted by Gasteiger charge is 2.09. The molecule has 0 spiro atoms. The number of hydrogen-bond acceptors (Lipinski definition) is 3. The third-order valence-corrected chi connectivity index (χ3v) is 2.78. The molecule has 0 amide bonds. The first kappa shape index (κ1) is 12.2. The minimum Gasteiger partial charge on any atom is -0.495 e. The Kier molecular flexibility index (Phi) is 3.06. The molecule has 0 atom stereocenters. The highest BCUT2D eigenvalue weighted by Crippen LogP contribution is 2.22. The molecule has 2 aromatic rings. The first-order chi connectivity index (χ1) is 8.54. The van der Waals surface area contributed by atoms with Crippen LogP contribution in [0, 0.1) is 6.92 Å². The van der Waals surface area contributed by atoms with Crippen LogP contribution < -0.4 is 16.0 Å². The van der Waals surface area contributed by atoms with Crippen molar-refractivity contribution in [3.8, 4) is 11.4 Å². The van der Waals surface area contributed by atoms with Gasteiger partial charge >= 0.3 is 5.69 Å². The first-order valence-electron chi connectivity index (χ1n) is 5.48. The van der Waals surface area contributed by atoms with E-state index in [4.69, 9.17) is 4.74 Å². The summed E-state index contributed by atoms with van der Waals surface area (Å²) in [6, 6.07) is 6.88. The largest absolute Gasteiger partial charge is 0.495 e. The van der Waals surface area contributed by atoms with Crippen LogP contribution in [-0.2, 0) is 7.05 Å². The average molecular weight is 246 g/mol. The summed E-state index contributed by atoms with van der Waals surface area (Å²) in [7, 11) is 2.99. The maximum Gasteiger partial charge on any atom is 0.335 e. The molecular weight excluding hydrogens is 232 g/mol. The summed E-state index contributed by atoms with van der Waals surface area (Å²) in [6.07, 6.45) is 1.46. The van der Waals surface area contributed by atoms with Crippen LogP contribution in [0.2, 0.25) is 0 Å². The molecule has 1 heterocycles. The van der Waals surface area contributed by atoms with Gasteiger partial charge in [-0.2, -0.15) is 0 Å². The lowest BCUT2D eigenvalue weighted by Gasteiger charge is -2.12. The van der Waals surface area contributed by atoms with E-state index in [1.54, 1.807) is 13.2 Å². The van der Waals surface area contributed by atoms with Crippen LogP contribution >= 0.6 is 0 Å². The number of ether oxygens (including phenoxy) is 1. The molecule has 0 radical (unpaired) electrons. The summed E-state index contributed by atoms with van der Waals surface area (Å²) >= 11 is 0. The van der Waals surface area contributed by atoms with Gasteiger partial charge < -0.3 is 4.74 Å². The fraction of sp³-hybridized carbons (Fsp3) is 0.231. The van der Waals surface area contributed by atoms with Crippen molar-refractivity contribution >= 4 is 0 Å². The molecule has 2 rings (SSSR count). The molecule has 5 nitrogen and oxygen atoms in total. The summed E-state index contributed by atoms with van der Waals surface area (Å²) in [6.45, 7) is 1.93. The zero-order valence-corrected chi connectivity index (χ0v) is 10.5. The number of benzene rings is 1. The van der Waals surface area contributed by atoms with Gasteiger partial charge in [0.15, 0.2) is 0 Å². The fourth-order valence-electron chi connectivity index (χ4n) is 1.74. The van der Waals surface area contributed by atoms with Crippen LogP contribution in [0.3, 0.4) is 0 Å². The molecule has 1 aromatic heterocycles. The number of hydrogen-bond donors (Lipinski definition) is 0.